The average molecular weight is 353 g/mol. The maximum atomic E-state index is 4.40. The lowest BCUT2D eigenvalue weighted by molar-refractivity contribution is 0.877. The number of aromatic nitrogens is 2. The van der Waals surface area contributed by atoms with Gasteiger partial charge in [0.25, 0.3) is 0 Å². The minimum absolute atomic E-state index is 0.860. The highest BCUT2D eigenvalue weighted by atomic mass is 79.9. The quantitative estimate of drug-likeness (QED) is 0.842. The largest absolute Gasteiger partial charge is 0.356 e. The highest BCUT2D eigenvalue weighted by molar-refractivity contribution is 9.11. The van der Waals surface area contributed by atoms with E-state index < -0.39 is 0 Å². The van der Waals surface area contributed by atoms with Crippen LogP contribution in [0.4, 0.5) is 11.6 Å². The van der Waals surface area contributed by atoms with E-state index in [1.807, 2.05) is 0 Å². The second-order valence-corrected chi connectivity index (χ2v) is 7.33. The highest BCUT2D eigenvalue weighted by Crippen LogP contribution is 2.24. The third kappa shape index (κ3) is 3.12. The molecule has 0 unspecified atom stereocenters. The van der Waals surface area contributed by atoms with E-state index in [1.165, 1.54) is 22.2 Å². The number of hydrogen-bond donors (Lipinski definition) is 0. The standard InChI is InChI=1S/C14H17BrN4S/c1-18(8-11-6-12(15)20-9-11)13-7-14(17-10-16-13)19-4-2-3-5-19/h6-7,9-10H,2-5,8H2,1H3. The van der Waals surface area contributed by atoms with Crippen LogP contribution in [-0.2, 0) is 6.54 Å². The van der Waals surface area contributed by atoms with Crippen molar-refractivity contribution in [1.29, 1.82) is 0 Å². The zero-order valence-electron chi connectivity index (χ0n) is 11.4. The Morgan fingerprint density at radius 2 is 2.10 bits per heavy atom. The van der Waals surface area contributed by atoms with E-state index in [9.17, 15) is 0 Å². The molecule has 3 heterocycles. The summed E-state index contributed by atoms with van der Waals surface area (Å²) in [6.07, 6.45) is 4.19. The number of halogens is 1. The third-order valence-corrected chi connectivity index (χ3v) is 5.05. The van der Waals surface area contributed by atoms with Crippen molar-refractivity contribution in [3.8, 4) is 0 Å². The Balaban J connectivity index is 1.73. The average Bonchev–Trinajstić information content (AvgIpc) is 3.11. The Labute approximate surface area is 131 Å². The predicted octanol–water partition coefficient (Wildman–Crippen LogP) is 3.54. The number of thiophene rings is 1. The van der Waals surface area contributed by atoms with Crippen molar-refractivity contribution >= 4 is 38.9 Å². The molecule has 0 saturated carbocycles. The molecule has 2 aromatic rings. The fraction of sp³-hybridized carbons (Fsp3) is 0.429. The zero-order valence-corrected chi connectivity index (χ0v) is 13.8. The van der Waals surface area contributed by atoms with Crippen LogP contribution in [0.15, 0.2) is 27.6 Å². The topological polar surface area (TPSA) is 32.3 Å². The normalized spacial score (nSPS) is 14.8. The maximum absolute atomic E-state index is 4.40. The summed E-state index contributed by atoms with van der Waals surface area (Å²) >= 11 is 5.22. The van der Waals surface area contributed by atoms with Crippen LogP contribution in [0.3, 0.4) is 0 Å². The minimum Gasteiger partial charge on any atom is -0.356 e. The molecule has 1 aliphatic rings. The Hall–Kier alpha value is -1.14. The molecule has 1 aliphatic heterocycles. The number of anilines is 2. The van der Waals surface area contributed by atoms with E-state index in [0.29, 0.717) is 0 Å². The van der Waals surface area contributed by atoms with E-state index in [4.69, 9.17) is 0 Å². The maximum Gasteiger partial charge on any atom is 0.134 e. The summed E-state index contributed by atoms with van der Waals surface area (Å²) < 4.78 is 1.17. The van der Waals surface area contributed by atoms with Crippen molar-refractivity contribution in [3.05, 3.63) is 33.2 Å². The lowest BCUT2D eigenvalue weighted by Crippen LogP contribution is -2.21. The van der Waals surface area contributed by atoms with Gasteiger partial charge in [0.15, 0.2) is 0 Å². The lowest BCUT2D eigenvalue weighted by atomic mass is 10.3. The number of rotatable bonds is 4. The van der Waals surface area contributed by atoms with Gasteiger partial charge in [-0.1, -0.05) is 0 Å². The SMILES string of the molecule is CN(Cc1csc(Br)c1)c1cc(N2CCCC2)ncn1. The molecule has 6 heteroatoms. The van der Waals surface area contributed by atoms with Gasteiger partial charge in [0, 0.05) is 32.7 Å². The smallest absolute Gasteiger partial charge is 0.134 e. The Morgan fingerprint density at radius 1 is 1.30 bits per heavy atom. The van der Waals surface area contributed by atoms with E-state index in [0.717, 1.165) is 31.3 Å². The summed E-state index contributed by atoms with van der Waals surface area (Å²) in [6, 6.07) is 4.25. The molecule has 106 valence electrons. The van der Waals surface area contributed by atoms with Crippen molar-refractivity contribution in [2.24, 2.45) is 0 Å². The van der Waals surface area contributed by atoms with Crippen LogP contribution in [-0.4, -0.2) is 30.1 Å². The van der Waals surface area contributed by atoms with Crippen LogP contribution in [0.25, 0.3) is 0 Å². The number of nitrogens with zero attached hydrogens (tertiary/aromatic N) is 4. The van der Waals surface area contributed by atoms with Crippen molar-refractivity contribution in [2.45, 2.75) is 19.4 Å². The molecule has 20 heavy (non-hydrogen) atoms. The van der Waals surface area contributed by atoms with Gasteiger partial charge >= 0.3 is 0 Å². The van der Waals surface area contributed by atoms with Gasteiger partial charge in [-0.2, -0.15) is 0 Å². The first-order valence-electron chi connectivity index (χ1n) is 6.73. The van der Waals surface area contributed by atoms with E-state index in [1.54, 1.807) is 17.7 Å². The molecule has 0 amide bonds. The fourth-order valence-electron chi connectivity index (χ4n) is 2.45. The summed E-state index contributed by atoms with van der Waals surface area (Å²) in [6.45, 7) is 3.08. The first-order valence-corrected chi connectivity index (χ1v) is 8.41. The van der Waals surface area contributed by atoms with Crippen LogP contribution in [0.1, 0.15) is 18.4 Å². The molecular formula is C14H17BrN4S. The molecule has 0 radical (unpaired) electrons. The van der Waals surface area contributed by atoms with Crippen LogP contribution < -0.4 is 9.80 Å². The van der Waals surface area contributed by atoms with Crippen LogP contribution in [0, 0.1) is 0 Å². The first kappa shape index (κ1) is 13.8. The Kier molecular flexibility index (Phi) is 4.21. The molecule has 0 spiro atoms. The van der Waals surface area contributed by atoms with E-state index >= 15 is 0 Å². The van der Waals surface area contributed by atoms with Crippen molar-refractivity contribution in [3.63, 3.8) is 0 Å². The van der Waals surface area contributed by atoms with Gasteiger partial charge in [-0.15, -0.1) is 11.3 Å². The summed E-state index contributed by atoms with van der Waals surface area (Å²) in [5, 5.41) is 2.17. The van der Waals surface area contributed by atoms with Crippen molar-refractivity contribution in [2.75, 3.05) is 29.9 Å². The highest BCUT2D eigenvalue weighted by Gasteiger charge is 2.15. The van der Waals surface area contributed by atoms with Crippen LogP contribution >= 0.6 is 27.3 Å². The summed E-state index contributed by atoms with van der Waals surface area (Å²) in [4.78, 5) is 13.3. The molecule has 2 aromatic heterocycles. The van der Waals surface area contributed by atoms with Gasteiger partial charge in [0.2, 0.25) is 0 Å². The Bertz CT molecular complexity index is 580. The van der Waals surface area contributed by atoms with Crippen LogP contribution in [0.2, 0.25) is 0 Å². The Morgan fingerprint density at radius 3 is 2.80 bits per heavy atom. The molecule has 0 atom stereocenters. The molecule has 0 aromatic carbocycles. The summed E-state index contributed by atoms with van der Waals surface area (Å²) in [5.41, 5.74) is 1.30. The summed E-state index contributed by atoms with van der Waals surface area (Å²) in [5.74, 6) is 2.02. The van der Waals surface area contributed by atoms with Crippen LogP contribution in [0.5, 0.6) is 0 Å². The molecule has 0 bridgehead atoms. The summed E-state index contributed by atoms with van der Waals surface area (Å²) in [7, 11) is 2.07. The fourth-order valence-corrected chi connectivity index (χ4v) is 3.65. The second kappa shape index (κ2) is 6.10. The van der Waals surface area contributed by atoms with Gasteiger partial charge in [-0.25, -0.2) is 9.97 Å². The molecule has 1 fully saturated rings. The van der Waals surface area contributed by atoms with Crippen molar-refractivity contribution < 1.29 is 0 Å². The monoisotopic (exact) mass is 352 g/mol. The van der Waals surface area contributed by atoms with Crippen molar-refractivity contribution in [1.82, 2.24) is 9.97 Å². The van der Waals surface area contributed by atoms with E-state index in [-0.39, 0.29) is 0 Å². The third-order valence-electron chi connectivity index (χ3n) is 3.50. The second-order valence-electron chi connectivity index (χ2n) is 5.04. The minimum atomic E-state index is 0.860. The predicted molar refractivity (Wildman–Crippen MR) is 87.6 cm³/mol. The zero-order chi connectivity index (χ0) is 13.9. The molecule has 4 nitrogen and oxygen atoms in total. The molecule has 0 N–H and O–H groups in total. The lowest BCUT2D eigenvalue weighted by Gasteiger charge is -2.21. The van der Waals surface area contributed by atoms with Gasteiger partial charge < -0.3 is 9.80 Å². The van der Waals surface area contributed by atoms with Gasteiger partial charge in [0.05, 0.1) is 3.79 Å². The van der Waals surface area contributed by atoms with E-state index in [2.05, 4.69) is 60.3 Å². The molecule has 1 saturated heterocycles. The van der Waals surface area contributed by atoms with Gasteiger partial charge in [-0.05, 0) is 45.8 Å². The molecule has 3 rings (SSSR count). The molecule has 0 aliphatic carbocycles. The first-order chi connectivity index (χ1) is 9.72. The van der Waals surface area contributed by atoms with Gasteiger partial charge in [-0.3, -0.25) is 0 Å². The molecular weight excluding hydrogens is 336 g/mol. The number of hydrogen-bond acceptors (Lipinski definition) is 5. The van der Waals surface area contributed by atoms with Gasteiger partial charge in [0.1, 0.15) is 18.0 Å².